The van der Waals surface area contributed by atoms with Crippen LogP contribution in [-0.2, 0) is 17.7 Å². The number of nitrogens with zero attached hydrogens (tertiary/aromatic N) is 1. The van der Waals surface area contributed by atoms with E-state index in [1.54, 1.807) is 18.2 Å². The molecule has 1 heterocycles. The van der Waals surface area contributed by atoms with Crippen molar-refractivity contribution in [3.05, 3.63) is 76.9 Å². The molecule has 0 unspecified atom stereocenters. The number of esters is 1. The van der Waals surface area contributed by atoms with E-state index >= 15 is 0 Å². The minimum absolute atomic E-state index is 0.157. The standard InChI is InChI=1S/C28H34FN3O2/c1-17(2)23-12-21(14-27-31-25-10-9-19(28(33)34-4)13-26(25)32-27)18(3)11-22(23)16-30-15-20-7-5-6-8-24(20)29/h5-11,13,17,21-23,30H,12,14-16H2,1-4H3,(H,31,32)/t21-,22-,23-/m0/s1. The van der Waals surface area contributed by atoms with Crippen LogP contribution in [0.4, 0.5) is 4.39 Å². The van der Waals surface area contributed by atoms with Crippen molar-refractivity contribution in [1.29, 1.82) is 0 Å². The van der Waals surface area contributed by atoms with Gasteiger partial charge in [-0.3, -0.25) is 0 Å². The normalized spacial score (nSPS) is 20.5. The fraction of sp³-hybridized carbons (Fsp3) is 0.429. The summed E-state index contributed by atoms with van der Waals surface area (Å²) in [7, 11) is 1.39. The average molecular weight is 464 g/mol. The van der Waals surface area contributed by atoms with Crippen molar-refractivity contribution in [3.8, 4) is 0 Å². The number of carbonyl (C=O) groups excluding carboxylic acids is 1. The summed E-state index contributed by atoms with van der Waals surface area (Å²) in [5.41, 5.74) is 4.31. The Balaban J connectivity index is 1.45. The number of imidazole rings is 1. The van der Waals surface area contributed by atoms with Crippen LogP contribution in [0.15, 0.2) is 54.1 Å². The van der Waals surface area contributed by atoms with Crippen LogP contribution in [0.3, 0.4) is 0 Å². The number of halogens is 1. The van der Waals surface area contributed by atoms with Crippen LogP contribution < -0.4 is 5.32 Å². The number of H-pyrrole nitrogens is 1. The molecule has 6 heteroatoms. The summed E-state index contributed by atoms with van der Waals surface area (Å²) in [4.78, 5) is 20.0. The van der Waals surface area contributed by atoms with Crippen molar-refractivity contribution in [2.45, 2.75) is 40.2 Å². The molecule has 180 valence electrons. The zero-order valence-electron chi connectivity index (χ0n) is 20.4. The first-order valence-corrected chi connectivity index (χ1v) is 12.0. The lowest BCUT2D eigenvalue weighted by molar-refractivity contribution is 0.0601. The molecule has 34 heavy (non-hydrogen) atoms. The molecule has 2 aromatic carbocycles. The first-order valence-electron chi connectivity index (χ1n) is 12.0. The number of rotatable bonds is 8. The molecule has 3 aromatic rings. The van der Waals surface area contributed by atoms with Crippen molar-refractivity contribution in [3.63, 3.8) is 0 Å². The topological polar surface area (TPSA) is 67.0 Å². The predicted octanol–water partition coefficient (Wildman–Crippen LogP) is 5.68. The Hall–Kier alpha value is -2.99. The Morgan fingerprint density at radius 2 is 2.06 bits per heavy atom. The summed E-state index contributed by atoms with van der Waals surface area (Å²) in [5.74, 6) is 2.35. The average Bonchev–Trinajstić information content (AvgIpc) is 3.22. The Kier molecular flexibility index (Phi) is 7.47. The molecule has 0 spiro atoms. The predicted molar refractivity (Wildman–Crippen MR) is 133 cm³/mol. The zero-order valence-corrected chi connectivity index (χ0v) is 20.4. The van der Waals surface area contributed by atoms with Gasteiger partial charge in [0.05, 0.1) is 23.7 Å². The molecular formula is C28H34FN3O2. The number of benzene rings is 2. The van der Waals surface area contributed by atoms with Crippen molar-refractivity contribution < 1.29 is 13.9 Å². The number of methoxy groups -OCH3 is 1. The molecule has 0 amide bonds. The molecule has 0 saturated heterocycles. The fourth-order valence-corrected chi connectivity index (χ4v) is 5.16. The summed E-state index contributed by atoms with van der Waals surface area (Å²) < 4.78 is 18.8. The number of hydrogen-bond donors (Lipinski definition) is 2. The van der Waals surface area contributed by atoms with Gasteiger partial charge < -0.3 is 15.0 Å². The fourth-order valence-electron chi connectivity index (χ4n) is 5.16. The van der Waals surface area contributed by atoms with Gasteiger partial charge in [0.25, 0.3) is 0 Å². The molecule has 5 nitrogen and oxygen atoms in total. The van der Waals surface area contributed by atoms with Gasteiger partial charge in [0.15, 0.2) is 0 Å². The van der Waals surface area contributed by atoms with Gasteiger partial charge in [-0.2, -0.15) is 0 Å². The number of aromatic nitrogens is 2. The van der Waals surface area contributed by atoms with Crippen LogP contribution in [0.2, 0.25) is 0 Å². The molecule has 2 N–H and O–H groups in total. The van der Waals surface area contributed by atoms with Gasteiger partial charge >= 0.3 is 5.97 Å². The largest absolute Gasteiger partial charge is 0.465 e. The van der Waals surface area contributed by atoms with E-state index in [-0.39, 0.29) is 11.8 Å². The number of allylic oxidation sites excluding steroid dienone is 1. The summed E-state index contributed by atoms with van der Waals surface area (Å²) >= 11 is 0. The van der Waals surface area contributed by atoms with Crippen LogP contribution in [0.25, 0.3) is 11.0 Å². The Bertz CT molecular complexity index is 1180. The lowest BCUT2D eigenvalue weighted by atomic mass is 9.70. The molecule has 0 aliphatic heterocycles. The molecule has 1 aliphatic rings. The third-order valence-electron chi connectivity index (χ3n) is 7.13. The van der Waals surface area contributed by atoms with E-state index in [2.05, 4.69) is 37.1 Å². The molecule has 0 saturated carbocycles. The third-order valence-corrected chi connectivity index (χ3v) is 7.13. The van der Waals surface area contributed by atoms with Crippen molar-refractivity contribution in [2.24, 2.45) is 23.7 Å². The summed E-state index contributed by atoms with van der Waals surface area (Å²) in [6.45, 7) is 8.16. The maximum atomic E-state index is 14.0. The van der Waals surface area contributed by atoms with Crippen molar-refractivity contribution in [1.82, 2.24) is 15.3 Å². The van der Waals surface area contributed by atoms with Gasteiger partial charge in [-0.25, -0.2) is 14.2 Å². The lowest BCUT2D eigenvalue weighted by Gasteiger charge is -2.37. The third kappa shape index (κ3) is 5.39. The van der Waals surface area contributed by atoms with E-state index in [9.17, 15) is 9.18 Å². The number of hydrogen-bond acceptors (Lipinski definition) is 4. The van der Waals surface area contributed by atoms with Crippen molar-refractivity contribution in [2.75, 3.05) is 13.7 Å². The second kappa shape index (κ2) is 10.5. The number of nitrogens with one attached hydrogen (secondary N) is 2. The molecule has 1 aliphatic carbocycles. The molecule has 0 fully saturated rings. The Morgan fingerprint density at radius 3 is 2.79 bits per heavy atom. The minimum Gasteiger partial charge on any atom is -0.465 e. The smallest absolute Gasteiger partial charge is 0.337 e. The summed E-state index contributed by atoms with van der Waals surface area (Å²) in [6.07, 6.45) is 4.34. The highest BCUT2D eigenvalue weighted by Gasteiger charge is 2.32. The van der Waals surface area contributed by atoms with Gasteiger partial charge in [0.2, 0.25) is 0 Å². The van der Waals surface area contributed by atoms with E-state index in [0.717, 1.165) is 36.2 Å². The number of ether oxygens (including phenoxy) is 1. The van der Waals surface area contributed by atoms with Crippen LogP contribution in [0, 0.1) is 29.5 Å². The lowest BCUT2D eigenvalue weighted by Crippen LogP contribution is -2.34. The number of fused-ring (bicyclic) bond motifs is 1. The Morgan fingerprint density at radius 1 is 1.26 bits per heavy atom. The zero-order chi connectivity index (χ0) is 24.2. The second-order valence-corrected chi connectivity index (χ2v) is 9.75. The molecule has 3 atom stereocenters. The van der Waals surface area contributed by atoms with E-state index in [0.29, 0.717) is 41.3 Å². The summed E-state index contributed by atoms with van der Waals surface area (Å²) in [6, 6.07) is 12.4. The van der Waals surface area contributed by atoms with Gasteiger partial charge in [-0.05, 0) is 61.3 Å². The van der Waals surface area contributed by atoms with Gasteiger partial charge in [-0.1, -0.05) is 43.7 Å². The van der Waals surface area contributed by atoms with Crippen LogP contribution >= 0.6 is 0 Å². The second-order valence-electron chi connectivity index (χ2n) is 9.75. The molecule has 0 bridgehead atoms. The van der Waals surface area contributed by atoms with Crippen LogP contribution in [-0.4, -0.2) is 29.6 Å². The molecule has 4 rings (SSSR count). The van der Waals surface area contributed by atoms with Gasteiger partial charge in [0.1, 0.15) is 11.6 Å². The first kappa shape index (κ1) is 24.1. The first-order chi connectivity index (χ1) is 16.4. The van der Waals surface area contributed by atoms with E-state index in [4.69, 9.17) is 9.72 Å². The molecule has 0 radical (unpaired) electrons. The van der Waals surface area contributed by atoms with Gasteiger partial charge in [-0.15, -0.1) is 0 Å². The number of aromatic amines is 1. The van der Waals surface area contributed by atoms with Crippen molar-refractivity contribution >= 4 is 17.0 Å². The molecule has 1 aromatic heterocycles. The highest BCUT2D eigenvalue weighted by molar-refractivity contribution is 5.93. The van der Waals surface area contributed by atoms with E-state index in [1.807, 2.05) is 18.2 Å². The van der Waals surface area contributed by atoms with Crippen LogP contribution in [0.5, 0.6) is 0 Å². The monoisotopic (exact) mass is 463 g/mol. The maximum Gasteiger partial charge on any atom is 0.337 e. The minimum atomic E-state index is -0.349. The Labute approximate surface area is 200 Å². The number of carbonyl (C=O) groups is 1. The summed E-state index contributed by atoms with van der Waals surface area (Å²) in [5, 5.41) is 3.48. The highest BCUT2D eigenvalue weighted by atomic mass is 19.1. The van der Waals surface area contributed by atoms with Gasteiger partial charge in [0, 0.05) is 25.1 Å². The van der Waals surface area contributed by atoms with Crippen LogP contribution in [0.1, 0.15) is 48.9 Å². The maximum absolute atomic E-state index is 14.0. The molecular weight excluding hydrogens is 429 g/mol. The van der Waals surface area contributed by atoms with E-state index < -0.39 is 0 Å². The SMILES string of the molecule is COC(=O)c1ccc2nc(C[C@@H]3C[C@@H](C(C)C)[C@H](CNCc4ccccc4F)C=C3C)[nH]c2c1. The quantitative estimate of drug-likeness (QED) is 0.333. The van der Waals surface area contributed by atoms with E-state index in [1.165, 1.54) is 18.7 Å². The highest BCUT2D eigenvalue weighted by Crippen LogP contribution is 2.38.